The molecule has 0 bridgehead atoms. The molecule has 22 heavy (non-hydrogen) atoms. The standard InChI is InChI=1S/C16H22O5S/c1-12-10-14(5-4-13(12)7-9-22(17)18)19-8-6-15-11-20-16(2,3)21-15/h4-5,7,9-10,15,22H,6,8,11H2,1-3H3/b9-7+. The zero-order chi connectivity index (χ0) is 16.2. The van der Waals surface area contributed by atoms with Crippen molar-refractivity contribution in [2.24, 2.45) is 0 Å². The maximum absolute atomic E-state index is 10.6. The van der Waals surface area contributed by atoms with Crippen LogP contribution in [0.2, 0.25) is 0 Å². The van der Waals surface area contributed by atoms with Crippen molar-refractivity contribution >= 4 is 16.8 Å². The maximum atomic E-state index is 10.6. The van der Waals surface area contributed by atoms with Crippen LogP contribution in [-0.4, -0.2) is 33.5 Å². The molecular formula is C16H22O5S. The van der Waals surface area contributed by atoms with Gasteiger partial charge in [-0.25, -0.2) is 8.42 Å². The number of thiol groups is 1. The van der Waals surface area contributed by atoms with Gasteiger partial charge in [0.05, 0.1) is 19.3 Å². The van der Waals surface area contributed by atoms with Crippen LogP contribution in [0.15, 0.2) is 23.6 Å². The van der Waals surface area contributed by atoms with Crippen LogP contribution < -0.4 is 4.74 Å². The van der Waals surface area contributed by atoms with Gasteiger partial charge < -0.3 is 14.2 Å². The van der Waals surface area contributed by atoms with Crippen molar-refractivity contribution in [2.45, 2.75) is 39.1 Å². The monoisotopic (exact) mass is 326 g/mol. The molecule has 1 heterocycles. The lowest BCUT2D eigenvalue weighted by Gasteiger charge is -2.17. The molecule has 0 aromatic heterocycles. The van der Waals surface area contributed by atoms with Crippen molar-refractivity contribution < 1.29 is 22.6 Å². The average Bonchev–Trinajstić information content (AvgIpc) is 2.77. The Morgan fingerprint density at radius 2 is 2.18 bits per heavy atom. The third kappa shape index (κ3) is 5.12. The Morgan fingerprint density at radius 3 is 2.77 bits per heavy atom. The summed E-state index contributed by atoms with van der Waals surface area (Å²) in [5.41, 5.74) is 1.83. The molecule has 1 aliphatic heterocycles. The Hall–Kier alpha value is -1.37. The van der Waals surface area contributed by atoms with Gasteiger partial charge in [0.25, 0.3) is 0 Å². The summed E-state index contributed by atoms with van der Waals surface area (Å²) in [6, 6.07) is 5.58. The molecule has 122 valence electrons. The van der Waals surface area contributed by atoms with E-state index < -0.39 is 16.5 Å². The molecular weight excluding hydrogens is 304 g/mol. The van der Waals surface area contributed by atoms with Crippen LogP contribution in [0.25, 0.3) is 6.08 Å². The minimum Gasteiger partial charge on any atom is -0.493 e. The molecule has 1 aromatic carbocycles. The van der Waals surface area contributed by atoms with E-state index in [9.17, 15) is 8.42 Å². The fourth-order valence-electron chi connectivity index (χ4n) is 2.28. The van der Waals surface area contributed by atoms with Crippen LogP contribution in [0.3, 0.4) is 0 Å². The second-order valence-corrected chi connectivity index (χ2v) is 6.58. The van der Waals surface area contributed by atoms with E-state index in [-0.39, 0.29) is 6.10 Å². The highest BCUT2D eigenvalue weighted by Gasteiger charge is 2.32. The number of rotatable bonds is 6. The summed E-state index contributed by atoms with van der Waals surface area (Å²) in [7, 11) is -2.50. The highest BCUT2D eigenvalue weighted by Crippen LogP contribution is 2.24. The molecule has 5 nitrogen and oxygen atoms in total. The zero-order valence-corrected chi connectivity index (χ0v) is 14.0. The lowest BCUT2D eigenvalue weighted by atomic mass is 10.1. The van der Waals surface area contributed by atoms with Crippen molar-refractivity contribution in [2.75, 3.05) is 13.2 Å². The third-order valence-electron chi connectivity index (χ3n) is 3.39. The fourth-order valence-corrected chi connectivity index (χ4v) is 2.56. The van der Waals surface area contributed by atoms with Gasteiger partial charge in [0.2, 0.25) is 0 Å². The molecule has 0 spiro atoms. The fraction of sp³-hybridized carbons (Fsp3) is 0.500. The van der Waals surface area contributed by atoms with Gasteiger partial charge in [-0.3, -0.25) is 0 Å². The molecule has 0 aliphatic carbocycles. The second kappa shape index (κ2) is 7.26. The predicted molar refractivity (Wildman–Crippen MR) is 85.5 cm³/mol. The largest absolute Gasteiger partial charge is 0.493 e. The summed E-state index contributed by atoms with van der Waals surface area (Å²) >= 11 is 0. The quantitative estimate of drug-likeness (QED) is 0.814. The van der Waals surface area contributed by atoms with Gasteiger partial charge in [0, 0.05) is 11.8 Å². The molecule has 6 heteroatoms. The predicted octanol–water partition coefficient (Wildman–Crippen LogP) is 2.50. The lowest BCUT2D eigenvalue weighted by Crippen LogP contribution is -2.22. The number of ether oxygens (including phenoxy) is 3. The van der Waals surface area contributed by atoms with E-state index in [1.54, 1.807) is 6.08 Å². The first-order chi connectivity index (χ1) is 10.4. The smallest absolute Gasteiger partial charge is 0.163 e. The highest BCUT2D eigenvalue weighted by atomic mass is 32.2. The molecule has 0 radical (unpaired) electrons. The summed E-state index contributed by atoms with van der Waals surface area (Å²) in [6.07, 6.45) is 2.41. The number of hydrogen-bond donors (Lipinski definition) is 1. The van der Waals surface area contributed by atoms with Crippen LogP contribution in [0.5, 0.6) is 5.75 Å². The van der Waals surface area contributed by atoms with Crippen LogP contribution in [0, 0.1) is 6.92 Å². The highest BCUT2D eigenvalue weighted by molar-refractivity contribution is 7.75. The van der Waals surface area contributed by atoms with Crippen molar-refractivity contribution in [3.05, 3.63) is 34.7 Å². The SMILES string of the molecule is Cc1cc(OCCC2COC(C)(C)O2)ccc1/C=C/[SH](=O)=O. The minimum atomic E-state index is -2.50. The van der Waals surface area contributed by atoms with Crippen molar-refractivity contribution in [1.29, 1.82) is 0 Å². The average molecular weight is 326 g/mol. The van der Waals surface area contributed by atoms with E-state index in [0.717, 1.165) is 28.7 Å². The minimum absolute atomic E-state index is 0.0617. The van der Waals surface area contributed by atoms with Crippen molar-refractivity contribution in [1.82, 2.24) is 0 Å². The van der Waals surface area contributed by atoms with Crippen LogP contribution in [0.4, 0.5) is 0 Å². The molecule has 1 aliphatic rings. The number of benzene rings is 1. The molecule has 1 unspecified atom stereocenters. The van der Waals surface area contributed by atoms with Gasteiger partial charge in [-0.1, -0.05) is 6.07 Å². The van der Waals surface area contributed by atoms with Crippen LogP contribution in [0.1, 0.15) is 31.4 Å². The summed E-state index contributed by atoms with van der Waals surface area (Å²) in [5.74, 6) is 0.261. The first kappa shape index (κ1) is 17.0. The Morgan fingerprint density at radius 1 is 1.41 bits per heavy atom. The van der Waals surface area contributed by atoms with E-state index in [2.05, 4.69) is 0 Å². The van der Waals surface area contributed by atoms with E-state index in [0.29, 0.717) is 13.2 Å². The van der Waals surface area contributed by atoms with Gasteiger partial charge in [0.15, 0.2) is 16.5 Å². The van der Waals surface area contributed by atoms with E-state index in [4.69, 9.17) is 14.2 Å². The van der Waals surface area contributed by atoms with Crippen LogP contribution >= 0.6 is 0 Å². The van der Waals surface area contributed by atoms with Gasteiger partial charge in [-0.2, -0.15) is 0 Å². The Kier molecular flexibility index (Phi) is 5.61. The Bertz CT molecular complexity index is 611. The third-order valence-corrected chi connectivity index (χ3v) is 3.79. The molecule has 1 atom stereocenters. The van der Waals surface area contributed by atoms with E-state index in [1.807, 2.05) is 39.0 Å². The Balaban J connectivity index is 1.85. The molecule has 1 aromatic rings. The van der Waals surface area contributed by atoms with E-state index in [1.165, 1.54) is 0 Å². The first-order valence-corrected chi connectivity index (χ1v) is 8.47. The van der Waals surface area contributed by atoms with Gasteiger partial charge in [-0.15, -0.1) is 0 Å². The summed E-state index contributed by atoms with van der Waals surface area (Å²) < 4.78 is 38.1. The molecule has 2 rings (SSSR count). The zero-order valence-electron chi connectivity index (χ0n) is 13.1. The first-order valence-electron chi connectivity index (χ1n) is 7.23. The van der Waals surface area contributed by atoms with Crippen molar-refractivity contribution in [3.8, 4) is 5.75 Å². The topological polar surface area (TPSA) is 61.8 Å². The lowest BCUT2D eigenvalue weighted by molar-refractivity contribution is -0.139. The number of hydrogen-bond acceptors (Lipinski definition) is 5. The normalized spacial score (nSPS) is 20.8. The van der Waals surface area contributed by atoms with Gasteiger partial charge >= 0.3 is 0 Å². The van der Waals surface area contributed by atoms with Crippen molar-refractivity contribution in [3.63, 3.8) is 0 Å². The number of aryl methyl sites for hydroxylation is 1. The summed E-state index contributed by atoms with van der Waals surface area (Å²) in [6.45, 7) is 6.86. The second-order valence-electron chi connectivity index (χ2n) is 5.71. The van der Waals surface area contributed by atoms with E-state index >= 15 is 0 Å². The van der Waals surface area contributed by atoms with Gasteiger partial charge in [0.1, 0.15) is 5.75 Å². The summed E-state index contributed by atoms with van der Waals surface area (Å²) in [4.78, 5) is 0. The molecule has 1 saturated heterocycles. The van der Waals surface area contributed by atoms with Gasteiger partial charge in [-0.05, 0) is 50.1 Å². The maximum Gasteiger partial charge on any atom is 0.163 e. The molecule has 0 amide bonds. The summed E-state index contributed by atoms with van der Waals surface area (Å²) in [5, 5.41) is 1.16. The molecule has 1 fully saturated rings. The molecule has 0 saturated carbocycles. The molecule has 0 N–H and O–H groups in total. The Labute approximate surface area is 132 Å². The van der Waals surface area contributed by atoms with Crippen LogP contribution in [-0.2, 0) is 20.2 Å².